The first-order valence-corrected chi connectivity index (χ1v) is 11.5. The number of hydrogen-bond donors (Lipinski definition) is 2. The van der Waals surface area contributed by atoms with Crippen molar-refractivity contribution in [1.29, 1.82) is 0 Å². The van der Waals surface area contributed by atoms with Gasteiger partial charge in [0.25, 0.3) is 5.56 Å². The van der Waals surface area contributed by atoms with Gasteiger partial charge in [-0.15, -0.1) is 0 Å². The lowest BCUT2D eigenvalue weighted by Crippen LogP contribution is -2.25. The van der Waals surface area contributed by atoms with Gasteiger partial charge in [0.05, 0.1) is 16.9 Å². The van der Waals surface area contributed by atoms with Crippen LogP contribution in [0.15, 0.2) is 50.5 Å². The number of nitrogens with zero attached hydrogens (tertiary/aromatic N) is 2. The lowest BCUT2D eigenvalue weighted by molar-refractivity contribution is 0.553. The van der Waals surface area contributed by atoms with E-state index in [2.05, 4.69) is 10.3 Å². The summed E-state index contributed by atoms with van der Waals surface area (Å²) in [6.45, 7) is 3.39. The fourth-order valence-corrected chi connectivity index (χ4v) is 4.61. The van der Waals surface area contributed by atoms with Gasteiger partial charge in [0, 0.05) is 27.1 Å². The van der Waals surface area contributed by atoms with E-state index < -0.39 is 11.4 Å². The zero-order valence-electron chi connectivity index (χ0n) is 17.9. The van der Waals surface area contributed by atoms with Crippen molar-refractivity contribution < 1.29 is 8.81 Å². The van der Waals surface area contributed by atoms with Crippen molar-refractivity contribution >= 4 is 50.8 Å². The Morgan fingerprint density at radius 1 is 1.21 bits per heavy atom. The second kappa shape index (κ2) is 7.98. The first kappa shape index (κ1) is 21.6. The van der Waals surface area contributed by atoms with E-state index >= 15 is 0 Å². The minimum absolute atomic E-state index is 0.0648. The van der Waals surface area contributed by atoms with Crippen molar-refractivity contribution in [3.8, 4) is 11.1 Å². The van der Waals surface area contributed by atoms with Crippen LogP contribution in [0.2, 0.25) is 0 Å². The van der Waals surface area contributed by atoms with Gasteiger partial charge >= 0.3 is 5.63 Å². The normalized spacial score (nSPS) is 13.5. The van der Waals surface area contributed by atoms with E-state index in [9.17, 15) is 14.0 Å². The molecule has 33 heavy (non-hydrogen) atoms. The van der Waals surface area contributed by atoms with E-state index in [0.29, 0.717) is 22.6 Å². The number of pyridine rings is 2. The molecule has 1 aliphatic rings. The lowest BCUT2D eigenvalue weighted by Gasteiger charge is -2.19. The molecular formula is C24H20FIN4O3. The molecule has 0 radical (unpaired) electrons. The van der Waals surface area contributed by atoms with E-state index in [0.717, 1.165) is 16.4 Å². The monoisotopic (exact) mass is 558 g/mol. The van der Waals surface area contributed by atoms with E-state index in [-0.39, 0.29) is 39.5 Å². The molecule has 3 heterocycles. The average Bonchev–Trinajstić information content (AvgIpc) is 3.58. The van der Waals surface area contributed by atoms with Crippen molar-refractivity contribution in [3.63, 3.8) is 0 Å². The number of aromatic nitrogens is 2. The Morgan fingerprint density at radius 3 is 2.64 bits per heavy atom. The number of anilines is 3. The molecule has 0 saturated heterocycles. The van der Waals surface area contributed by atoms with Crippen LogP contribution in [0.3, 0.4) is 0 Å². The summed E-state index contributed by atoms with van der Waals surface area (Å²) in [6.07, 6.45) is 3.33. The second-order valence-electron chi connectivity index (χ2n) is 8.18. The summed E-state index contributed by atoms with van der Waals surface area (Å²) in [5.41, 5.74) is 7.72. The summed E-state index contributed by atoms with van der Waals surface area (Å²) in [4.78, 5) is 30.6. The SMILES string of the molecule is Cc1c(Nc2ccc(I)cc2F)c2c(=O)n(C3CC3)c(C)c(-c3ccnc(N)c3)c2oc1=O. The molecule has 1 fully saturated rings. The topological polar surface area (TPSA) is 103 Å². The van der Waals surface area contributed by atoms with Gasteiger partial charge in [-0.1, -0.05) is 0 Å². The number of fused-ring (bicyclic) bond motifs is 1. The van der Waals surface area contributed by atoms with Crippen LogP contribution in [0, 0.1) is 23.2 Å². The maximum absolute atomic E-state index is 14.7. The molecule has 1 aromatic carbocycles. The van der Waals surface area contributed by atoms with E-state index in [1.165, 1.54) is 6.07 Å². The zero-order valence-corrected chi connectivity index (χ0v) is 20.1. The summed E-state index contributed by atoms with van der Waals surface area (Å²) in [5.74, 6) is -0.183. The number of nitrogens with one attached hydrogen (secondary N) is 1. The minimum atomic E-state index is -0.609. The van der Waals surface area contributed by atoms with E-state index in [1.54, 1.807) is 42.0 Å². The Morgan fingerprint density at radius 2 is 1.97 bits per heavy atom. The predicted molar refractivity (Wildman–Crippen MR) is 135 cm³/mol. The molecule has 3 N–H and O–H groups in total. The quantitative estimate of drug-likeness (QED) is 0.341. The van der Waals surface area contributed by atoms with Gasteiger partial charge in [0.15, 0.2) is 5.58 Å². The van der Waals surface area contributed by atoms with Gasteiger partial charge in [0.1, 0.15) is 17.0 Å². The second-order valence-corrected chi connectivity index (χ2v) is 9.42. The highest BCUT2D eigenvalue weighted by atomic mass is 127. The van der Waals surface area contributed by atoms with E-state index in [4.69, 9.17) is 10.2 Å². The van der Waals surface area contributed by atoms with Crippen LogP contribution in [0.1, 0.15) is 30.1 Å². The van der Waals surface area contributed by atoms with Crippen LogP contribution in [-0.2, 0) is 0 Å². The lowest BCUT2D eigenvalue weighted by atomic mass is 10.0. The van der Waals surface area contributed by atoms with Crippen LogP contribution >= 0.6 is 22.6 Å². The Bertz CT molecular complexity index is 1560. The van der Waals surface area contributed by atoms with Crippen LogP contribution in [0.5, 0.6) is 0 Å². The maximum atomic E-state index is 14.7. The smallest absolute Gasteiger partial charge is 0.341 e. The van der Waals surface area contributed by atoms with Crippen molar-refractivity contribution in [3.05, 3.63) is 77.9 Å². The van der Waals surface area contributed by atoms with Crippen LogP contribution in [0.4, 0.5) is 21.6 Å². The highest BCUT2D eigenvalue weighted by Crippen LogP contribution is 2.40. The van der Waals surface area contributed by atoms with Crippen molar-refractivity contribution in [1.82, 2.24) is 9.55 Å². The molecule has 0 amide bonds. The Labute approximate surface area is 201 Å². The Balaban J connectivity index is 1.89. The number of nitrogen functional groups attached to an aromatic ring is 1. The molecule has 9 heteroatoms. The third kappa shape index (κ3) is 3.69. The molecule has 0 bridgehead atoms. The number of nitrogens with two attached hydrogens (primary N) is 1. The van der Waals surface area contributed by atoms with Crippen LogP contribution in [-0.4, -0.2) is 9.55 Å². The largest absolute Gasteiger partial charge is 0.421 e. The number of rotatable bonds is 4. The average molecular weight is 558 g/mol. The van der Waals surface area contributed by atoms with Crippen LogP contribution < -0.4 is 22.2 Å². The molecule has 0 atom stereocenters. The maximum Gasteiger partial charge on any atom is 0.341 e. The molecule has 168 valence electrons. The highest BCUT2D eigenvalue weighted by molar-refractivity contribution is 14.1. The first-order chi connectivity index (χ1) is 15.8. The summed E-state index contributed by atoms with van der Waals surface area (Å²) >= 11 is 2.02. The Hall–Kier alpha value is -3.21. The highest BCUT2D eigenvalue weighted by Gasteiger charge is 2.31. The van der Waals surface area contributed by atoms with Gasteiger partial charge in [-0.05, 0) is 85.2 Å². The minimum Gasteiger partial charge on any atom is -0.421 e. The van der Waals surface area contributed by atoms with E-state index in [1.807, 2.05) is 29.5 Å². The van der Waals surface area contributed by atoms with Gasteiger partial charge in [-0.2, -0.15) is 0 Å². The fraction of sp³-hybridized carbons (Fsp3) is 0.208. The summed E-state index contributed by atoms with van der Waals surface area (Å²) in [6, 6.07) is 8.20. The number of halogens is 2. The van der Waals surface area contributed by atoms with Gasteiger partial charge in [-0.25, -0.2) is 14.2 Å². The fourth-order valence-electron chi connectivity index (χ4n) is 4.16. The van der Waals surface area contributed by atoms with Crippen LogP contribution in [0.25, 0.3) is 22.1 Å². The molecule has 5 rings (SSSR count). The molecule has 0 aliphatic heterocycles. The molecule has 1 saturated carbocycles. The standard InChI is InChI=1S/C24H20FIN4O3/c1-11-21(29-17-6-3-14(26)10-16(17)25)20-22(33-24(11)32)19(13-7-8-28-18(27)9-13)12(2)30(23(20)31)15-4-5-15/h3,6-10,15,29H,4-5H2,1-2H3,(H2,27,28). The van der Waals surface area contributed by atoms with Crippen molar-refractivity contribution in [2.24, 2.45) is 0 Å². The molecule has 0 spiro atoms. The Kier molecular flexibility index (Phi) is 5.23. The molecule has 3 aromatic heterocycles. The predicted octanol–water partition coefficient (Wildman–Crippen LogP) is 5.04. The summed E-state index contributed by atoms with van der Waals surface area (Å²) in [5, 5.41) is 3.20. The number of benzene rings is 1. The molecule has 1 aliphatic carbocycles. The molecule has 4 aromatic rings. The number of hydrogen-bond acceptors (Lipinski definition) is 6. The third-order valence-corrected chi connectivity index (χ3v) is 6.58. The third-order valence-electron chi connectivity index (χ3n) is 5.91. The van der Waals surface area contributed by atoms with Gasteiger partial charge in [0.2, 0.25) is 0 Å². The summed E-state index contributed by atoms with van der Waals surface area (Å²) in [7, 11) is 0. The zero-order chi connectivity index (χ0) is 23.4. The molecule has 7 nitrogen and oxygen atoms in total. The van der Waals surface area contributed by atoms with Gasteiger partial charge in [-0.3, -0.25) is 4.79 Å². The van der Waals surface area contributed by atoms with Crippen molar-refractivity contribution in [2.45, 2.75) is 32.7 Å². The summed E-state index contributed by atoms with van der Waals surface area (Å²) < 4.78 is 22.8. The van der Waals surface area contributed by atoms with Crippen molar-refractivity contribution in [2.75, 3.05) is 11.1 Å². The molecule has 0 unspecified atom stereocenters. The molecular weight excluding hydrogens is 538 g/mol. The first-order valence-electron chi connectivity index (χ1n) is 10.4. The van der Waals surface area contributed by atoms with Gasteiger partial charge < -0.3 is 20.0 Å².